The van der Waals surface area contributed by atoms with Crippen LogP contribution in [0.3, 0.4) is 0 Å². The van der Waals surface area contributed by atoms with E-state index in [2.05, 4.69) is 4.74 Å². The average molecular weight is 170 g/mol. The Morgan fingerprint density at radius 3 is 3.00 bits per heavy atom. The largest absolute Gasteiger partial charge is 0.465 e. The van der Waals surface area contributed by atoms with E-state index in [1.54, 1.807) is 11.4 Å². The minimum atomic E-state index is -0.464. The number of esters is 1. The molecule has 0 fully saturated rings. The number of ether oxygens (including phenoxy) is 1. The van der Waals surface area contributed by atoms with Crippen LogP contribution in [0.25, 0.3) is 0 Å². The van der Waals surface area contributed by atoms with E-state index in [-0.39, 0.29) is 0 Å². The van der Waals surface area contributed by atoms with Crippen molar-refractivity contribution in [3.05, 3.63) is 21.9 Å². The van der Waals surface area contributed by atoms with Crippen LogP contribution in [0.1, 0.15) is 20.0 Å². The van der Waals surface area contributed by atoms with Gasteiger partial charge in [0.1, 0.15) is 0 Å². The molecule has 1 rings (SSSR count). The van der Waals surface area contributed by atoms with E-state index >= 15 is 0 Å². The van der Waals surface area contributed by atoms with Gasteiger partial charge in [0.05, 0.1) is 17.6 Å². The number of carbonyl (C=O) groups is 2. The molecule has 0 aromatic carbocycles. The lowest BCUT2D eigenvalue weighted by molar-refractivity contribution is 0.0599. The summed E-state index contributed by atoms with van der Waals surface area (Å²) >= 11 is 1.22. The molecule has 0 aliphatic rings. The summed E-state index contributed by atoms with van der Waals surface area (Å²) in [6.07, 6.45) is 0.650. The van der Waals surface area contributed by atoms with Gasteiger partial charge in [-0.2, -0.15) is 0 Å². The van der Waals surface area contributed by atoms with Gasteiger partial charge in [0.15, 0.2) is 6.29 Å². The van der Waals surface area contributed by atoms with Crippen LogP contribution in [-0.2, 0) is 4.74 Å². The molecule has 4 heteroatoms. The molecule has 0 aliphatic carbocycles. The Morgan fingerprint density at radius 2 is 2.45 bits per heavy atom. The Bertz CT molecular complexity index is 277. The molecule has 1 heterocycles. The predicted molar refractivity (Wildman–Crippen MR) is 41.0 cm³/mol. The van der Waals surface area contributed by atoms with Crippen molar-refractivity contribution in [2.75, 3.05) is 7.11 Å². The van der Waals surface area contributed by atoms with Gasteiger partial charge in [0, 0.05) is 0 Å². The Balaban J connectivity index is 3.01. The molecule has 11 heavy (non-hydrogen) atoms. The first kappa shape index (κ1) is 7.94. The van der Waals surface area contributed by atoms with E-state index in [9.17, 15) is 9.59 Å². The number of carbonyl (C=O) groups excluding carboxylic acids is 2. The molecule has 0 unspecified atom stereocenters. The van der Waals surface area contributed by atoms with E-state index in [0.29, 0.717) is 16.7 Å². The third kappa shape index (κ3) is 1.46. The van der Waals surface area contributed by atoms with Gasteiger partial charge >= 0.3 is 5.97 Å². The van der Waals surface area contributed by atoms with Crippen LogP contribution < -0.4 is 0 Å². The van der Waals surface area contributed by atoms with E-state index in [1.165, 1.54) is 18.4 Å². The fourth-order valence-corrected chi connectivity index (χ4v) is 1.38. The summed E-state index contributed by atoms with van der Waals surface area (Å²) in [6.45, 7) is 0. The van der Waals surface area contributed by atoms with Gasteiger partial charge in [0.25, 0.3) is 0 Å². The van der Waals surface area contributed by atoms with Gasteiger partial charge in [0.2, 0.25) is 0 Å². The SMILES string of the molecule is COC(=O)c1ccsc1C=O. The van der Waals surface area contributed by atoms with Crippen molar-refractivity contribution >= 4 is 23.6 Å². The molecule has 0 radical (unpaired) electrons. The summed E-state index contributed by atoms with van der Waals surface area (Å²) in [7, 11) is 1.29. The first-order valence-electron chi connectivity index (χ1n) is 2.90. The van der Waals surface area contributed by atoms with E-state index in [4.69, 9.17) is 0 Å². The molecule has 58 valence electrons. The summed E-state index contributed by atoms with van der Waals surface area (Å²) in [5.74, 6) is -0.464. The molecule has 1 aromatic heterocycles. The van der Waals surface area contributed by atoms with Crippen LogP contribution >= 0.6 is 11.3 Å². The van der Waals surface area contributed by atoms with Gasteiger partial charge in [-0.05, 0) is 11.4 Å². The predicted octanol–water partition coefficient (Wildman–Crippen LogP) is 1.35. The molecule has 0 spiro atoms. The maximum atomic E-state index is 10.9. The number of thiophene rings is 1. The quantitative estimate of drug-likeness (QED) is 0.497. The molecular formula is C7H6O3S. The normalized spacial score (nSPS) is 9.18. The van der Waals surface area contributed by atoms with Crippen molar-refractivity contribution in [1.29, 1.82) is 0 Å². The monoisotopic (exact) mass is 170 g/mol. The lowest BCUT2D eigenvalue weighted by Crippen LogP contribution is -2.01. The van der Waals surface area contributed by atoms with Crippen LogP contribution in [0.4, 0.5) is 0 Å². The Labute approximate surface area is 67.6 Å². The molecule has 0 aliphatic heterocycles. The molecule has 0 amide bonds. The highest BCUT2D eigenvalue weighted by Crippen LogP contribution is 2.14. The fourth-order valence-electron chi connectivity index (χ4n) is 0.691. The van der Waals surface area contributed by atoms with E-state index < -0.39 is 5.97 Å². The Kier molecular flexibility index (Phi) is 2.38. The Hall–Kier alpha value is -1.16. The number of methoxy groups -OCH3 is 1. The van der Waals surface area contributed by atoms with Crippen LogP contribution in [0.5, 0.6) is 0 Å². The smallest absolute Gasteiger partial charge is 0.339 e. The number of aldehydes is 1. The highest BCUT2D eigenvalue weighted by Gasteiger charge is 2.11. The Morgan fingerprint density at radius 1 is 1.73 bits per heavy atom. The third-order valence-corrected chi connectivity index (χ3v) is 2.05. The van der Waals surface area contributed by atoms with Crippen molar-refractivity contribution in [1.82, 2.24) is 0 Å². The summed E-state index contributed by atoms with van der Waals surface area (Å²) in [4.78, 5) is 21.6. The molecule has 1 aromatic rings. The highest BCUT2D eigenvalue weighted by atomic mass is 32.1. The molecule has 0 N–H and O–H groups in total. The molecule has 0 atom stereocenters. The fraction of sp³-hybridized carbons (Fsp3) is 0.143. The summed E-state index contributed by atoms with van der Waals surface area (Å²) in [5.41, 5.74) is 0.340. The van der Waals surface area contributed by atoms with Crippen molar-refractivity contribution in [3.8, 4) is 0 Å². The van der Waals surface area contributed by atoms with Crippen LogP contribution in [-0.4, -0.2) is 19.4 Å². The van der Waals surface area contributed by atoms with Crippen LogP contribution in [0.15, 0.2) is 11.4 Å². The first-order chi connectivity index (χ1) is 5.29. The first-order valence-corrected chi connectivity index (χ1v) is 3.78. The second kappa shape index (κ2) is 3.30. The topological polar surface area (TPSA) is 43.4 Å². The van der Waals surface area contributed by atoms with Crippen molar-refractivity contribution in [3.63, 3.8) is 0 Å². The zero-order valence-electron chi connectivity index (χ0n) is 5.87. The van der Waals surface area contributed by atoms with Crippen LogP contribution in [0, 0.1) is 0 Å². The molecule has 3 nitrogen and oxygen atoms in total. The zero-order valence-corrected chi connectivity index (χ0v) is 6.68. The summed E-state index contributed by atoms with van der Waals surface area (Å²) < 4.78 is 4.45. The minimum Gasteiger partial charge on any atom is -0.465 e. The molecule has 0 saturated carbocycles. The van der Waals surface area contributed by atoms with E-state index in [1.807, 2.05) is 0 Å². The maximum Gasteiger partial charge on any atom is 0.339 e. The molecule has 0 saturated heterocycles. The van der Waals surface area contributed by atoms with Crippen LogP contribution in [0.2, 0.25) is 0 Å². The molecule has 0 bridgehead atoms. The van der Waals surface area contributed by atoms with E-state index in [0.717, 1.165) is 0 Å². The third-order valence-electron chi connectivity index (χ3n) is 1.21. The van der Waals surface area contributed by atoms with Gasteiger partial charge in [-0.3, -0.25) is 4.79 Å². The van der Waals surface area contributed by atoms with Gasteiger partial charge in [-0.25, -0.2) is 4.79 Å². The second-order valence-electron chi connectivity index (χ2n) is 1.81. The highest BCUT2D eigenvalue weighted by molar-refractivity contribution is 7.12. The maximum absolute atomic E-state index is 10.9. The van der Waals surface area contributed by atoms with Gasteiger partial charge < -0.3 is 4.74 Å². The van der Waals surface area contributed by atoms with Gasteiger partial charge in [-0.1, -0.05) is 0 Å². The lowest BCUT2D eigenvalue weighted by atomic mass is 10.3. The average Bonchev–Trinajstić information content (AvgIpc) is 2.50. The lowest BCUT2D eigenvalue weighted by Gasteiger charge is -1.94. The zero-order chi connectivity index (χ0) is 8.27. The number of rotatable bonds is 2. The summed E-state index contributed by atoms with van der Waals surface area (Å²) in [5, 5.41) is 1.68. The number of hydrogen-bond acceptors (Lipinski definition) is 4. The van der Waals surface area contributed by atoms with Crippen molar-refractivity contribution in [2.24, 2.45) is 0 Å². The standard InChI is InChI=1S/C7H6O3S/c1-10-7(9)5-2-3-11-6(5)4-8/h2-4H,1H3. The second-order valence-corrected chi connectivity index (χ2v) is 2.76. The van der Waals surface area contributed by atoms with Crippen molar-refractivity contribution in [2.45, 2.75) is 0 Å². The number of hydrogen-bond donors (Lipinski definition) is 0. The molecular weight excluding hydrogens is 164 g/mol. The van der Waals surface area contributed by atoms with Gasteiger partial charge in [-0.15, -0.1) is 11.3 Å². The minimum absolute atomic E-state index is 0.340. The van der Waals surface area contributed by atoms with Crippen molar-refractivity contribution < 1.29 is 14.3 Å². The summed E-state index contributed by atoms with van der Waals surface area (Å²) in [6, 6.07) is 1.57.